The molecule has 10 heteroatoms. The number of alkyl halides is 1. The van der Waals surface area contributed by atoms with E-state index in [1.165, 1.54) is 6.33 Å². The van der Waals surface area contributed by atoms with Crippen LogP contribution in [0.5, 0.6) is 5.75 Å². The minimum Gasteiger partial charge on any atom is -0.486 e. The zero-order valence-electron chi connectivity index (χ0n) is 17.3. The van der Waals surface area contributed by atoms with Crippen molar-refractivity contribution in [2.75, 3.05) is 18.4 Å². The normalized spacial score (nSPS) is 18.4. The van der Waals surface area contributed by atoms with E-state index in [1.807, 2.05) is 24.7 Å². The molecule has 2 N–H and O–H groups in total. The first-order chi connectivity index (χ1) is 15.1. The molecule has 3 aromatic rings. The van der Waals surface area contributed by atoms with Crippen molar-refractivity contribution in [3.63, 3.8) is 0 Å². The third kappa shape index (κ3) is 4.62. The molecule has 31 heavy (non-hydrogen) atoms. The minimum atomic E-state index is -1.11. The van der Waals surface area contributed by atoms with E-state index in [9.17, 15) is 9.65 Å². The van der Waals surface area contributed by atoms with Gasteiger partial charge in [0.05, 0.1) is 16.9 Å². The van der Waals surface area contributed by atoms with Crippen LogP contribution in [0.2, 0.25) is 0 Å². The molecule has 4 rings (SSSR count). The van der Waals surface area contributed by atoms with Crippen LogP contribution < -0.4 is 15.4 Å². The van der Waals surface area contributed by atoms with Gasteiger partial charge in [0.15, 0.2) is 5.82 Å². The summed E-state index contributed by atoms with van der Waals surface area (Å²) in [5.41, 5.74) is 2.58. The van der Waals surface area contributed by atoms with Crippen LogP contribution in [0.25, 0.3) is 11.4 Å². The standard InChI is InChI=1S/C21H23FN8O/c1-3-30-11-17(13(2)29-30)27-21-26-12-25-20(28-21)14-4-5-18(15(8-14)9-23)31-19-6-7-24-10-16(19)22/h4-5,8,11-12,16,19,24H,3,6-7,10H2,1-2H3,(H,25,26,27,28)/t16-,19-/m0/s1. The maximum absolute atomic E-state index is 14.1. The van der Waals surface area contributed by atoms with Gasteiger partial charge in [0.2, 0.25) is 5.95 Å². The highest BCUT2D eigenvalue weighted by atomic mass is 19.1. The Morgan fingerprint density at radius 3 is 3.00 bits per heavy atom. The van der Waals surface area contributed by atoms with E-state index in [1.54, 1.807) is 18.2 Å². The fourth-order valence-corrected chi connectivity index (χ4v) is 3.37. The molecule has 9 nitrogen and oxygen atoms in total. The summed E-state index contributed by atoms with van der Waals surface area (Å²) in [4.78, 5) is 12.9. The molecule has 0 spiro atoms. The van der Waals surface area contributed by atoms with Crippen molar-refractivity contribution in [3.8, 4) is 23.2 Å². The number of hydrogen-bond donors (Lipinski definition) is 2. The lowest BCUT2D eigenvalue weighted by Gasteiger charge is -2.27. The minimum absolute atomic E-state index is 0.252. The lowest BCUT2D eigenvalue weighted by Crippen LogP contribution is -2.44. The van der Waals surface area contributed by atoms with E-state index in [4.69, 9.17) is 4.74 Å². The van der Waals surface area contributed by atoms with Gasteiger partial charge in [0.25, 0.3) is 0 Å². The van der Waals surface area contributed by atoms with Gasteiger partial charge in [-0.05, 0) is 45.0 Å². The molecule has 1 fully saturated rings. The summed E-state index contributed by atoms with van der Waals surface area (Å²) in [7, 11) is 0. The van der Waals surface area contributed by atoms with Crippen molar-refractivity contribution >= 4 is 11.6 Å². The number of aromatic nitrogens is 5. The summed E-state index contributed by atoms with van der Waals surface area (Å²) in [6, 6.07) is 7.18. The van der Waals surface area contributed by atoms with Crippen molar-refractivity contribution in [1.82, 2.24) is 30.0 Å². The van der Waals surface area contributed by atoms with Crippen LogP contribution in [0.15, 0.2) is 30.7 Å². The Morgan fingerprint density at radius 2 is 2.26 bits per heavy atom. The van der Waals surface area contributed by atoms with Gasteiger partial charge < -0.3 is 15.4 Å². The average molecular weight is 422 g/mol. The molecule has 0 bridgehead atoms. The van der Waals surface area contributed by atoms with Crippen LogP contribution in [0.4, 0.5) is 16.0 Å². The monoisotopic (exact) mass is 422 g/mol. The summed E-state index contributed by atoms with van der Waals surface area (Å²) in [5, 5.41) is 20.1. The summed E-state index contributed by atoms with van der Waals surface area (Å²) in [5.74, 6) is 1.14. The quantitative estimate of drug-likeness (QED) is 0.623. The lowest BCUT2D eigenvalue weighted by atomic mass is 10.1. The van der Waals surface area contributed by atoms with Crippen molar-refractivity contribution in [2.24, 2.45) is 0 Å². The van der Waals surface area contributed by atoms with E-state index in [2.05, 4.69) is 36.8 Å². The highest BCUT2D eigenvalue weighted by molar-refractivity contribution is 5.63. The number of nitrogens with zero attached hydrogens (tertiary/aromatic N) is 6. The Morgan fingerprint density at radius 1 is 1.39 bits per heavy atom. The molecule has 3 heterocycles. The Hall–Kier alpha value is -3.58. The molecule has 2 aromatic heterocycles. The Balaban J connectivity index is 1.56. The van der Waals surface area contributed by atoms with Crippen molar-refractivity contribution in [2.45, 2.75) is 39.1 Å². The first kappa shape index (κ1) is 20.7. The molecule has 1 saturated heterocycles. The largest absolute Gasteiger partial charge is 0.486 e. The Kier molecular flexibility index (Phi) is 6.04. The zero-order chi connectivity index (χ0) is 21.8. The second-order valence-electron chi connectivity index (χ2n) is 7.23. The number of halogens is 1. The summed E-state index contributed by atoms with van der Waals surface area (Å²) in [6.07, 6.45) is 2.16. The fraction of sp³-hybridized carbons (Fsp3) is 0.381. The maximum atomic E-state index is 14.1. The first-order valence-electron chi connectivity index (χ1n) is 10.1. The number of piperidine rings is 1. The first-order valence-corrected chi connectivity index (χ1v) is 10.1. The smallest absolute Gasteiger partial charge is 0.230 e. The second kappa shape index (κ2) is 9.06. The van der Waals surface area contributed by atoms with Crippen LogP contribution in [0, 0.1) is 18.3 Å². The zero-order valence-corrected chi connectivity index (χ0v) is 17.3. The third-order valence-electron chi connectivity index (χ3n) is 5.07. The lowest BCUT2D eigenvalue weighted by molar-refractivity contribution is 0.0729. The predicted molar refractivity (Wildman–Crippen MR) is 113 cm³/mol. The fourth-order valence-electron chi connectivity index (χ4n) is 3.37. The topological polar surface area (TPSA) is 114 Å². The number of rotatable bonds is 6. The molecule has 0 amide bonds. The third-order valence-corrected chi connectivity index (χ3v) is 5.07. The molecule has 0 unspecified atom stereocenters. The molecule has 1 aliphatic heterocycles. The summed E-state index contributed by atoms with van der Waals surface area (Å²) in [6.45, 7) is 5.61. The number of nitrogens with one attached hydrogen (secondary N) is 2. The molecule has 0 aliphatic carbocycles. The molecule has 0 radical (unpaired) electrons. The van der Waals surface area contributed by atoms with E-state index < -0.39 is 12.3 Å². The molecule has 1 aromatic carbocycles. The van der Waals surface area contributed by atoms with Crippen molar-refractivity contribution < 1.29 is 9.13 Å². The molecular formula is C21H23FN8O. The molecule has 160 valence electrons. The number of ether oxygens (including phenoxy) is 1. The SMILES string of the molecule is CCn1cc(Nc2ncnc(-c3ccc(O[C@H]4CCNC[C@@H]4F)c(C#N)c3)n2)c(C)n1. The molecular weight excluding hydrogens is 399 g/mol. The maximum Gasteiger partial charge on any atom is 0.230 e. The van der Waals surface area contributed by atoms with Gasteiger partial charge in [-0.25, -0.2) is 14.4 Å². The number of hydrogen-bond acceptors (Lipinski definition) is 8. The number of benzene rings is 1. The van der Waals surface area contributed by atoms with Gasteiger partial charge in [0, 0.05) is 24.8 Å². The van der Waals surface area contributed by atoms with Gasteiger partial charge in [0.1, 0.15) is 30.4 Å². The van der Waals surface area contributed by atoms with E-state index in [0.29, 0.717) is 41.6 Å². The number of nitriles is 1. The Bertz CT molecular complexity index is 1110. The summed E-state index contributed by atoms with van der Waals surface area (Å²) < 4.78 is 21.7. The predicted octanol–water partition coefficient (Wildman–Crippen LogP) is 2.76. The van der Waals surface area contributed by atoms with Crippen LogP contribution in [-0.2, 0) is 6.54 Å². The Labute approximate surface area is 179 Å². The van der Waals surface area contributed by atoms with Crippen molar-refractivity contribution in [3.05, 3.63) is 42.0 Å². The van der Waals surface area contributed by atoms with Crippen LogP contribution >= 0.6 is 0 Å². The molecule has 2 atom stereocenters. The van der Waals surface area contributed by atoms with Crippen LogP contribution in [-0.4, -0.2) is 50.1 Å². The van der Waals surface area contributed by atoms with Gasteiger partial charge in [-0.3, -0.25) is 4.68 Å². The van der Waals surface area contributed by atoms with Gasteiger partial charge in [-0.1, -0.05) is 0 Å². The molecule has 1 aliphatic rings. The number of anilines is 2. The van der Waals surface area contributed by atoms with Gasteiger partial charge >= 0.3 is 0 Å². The van der Waals surface area contributed by atoms with Crippen LogP contribution in [0.3, 0.4) is 0 Å². The highest BCUT2D eigenvalue weighted by Crippen LogP contribution is 2.27. The van der Waals surface area contributed by atoms with E-state index >= 15 is 0 Å². The second-order valence-corrected chi connectivity index (χ2v) is 7.23. The number of aryl methyl sites for hydroxylation is 2. The average Bonchev–Trinajstić information content (AvgIpc) is 3.15. The van der Waals surface area contributed by atoms with Crippen LogP contribution in [0.1, 0.15) is 24.6 Å². The van der Waals surface area contributed by atoms with E-state index in [-0.39, 0.29) is 6.54 Å². The summed E-state index contributed by atoms with van der Waals surface area (Å²) >= 11 is 0. The van der Waals surface area contributed by atoms with Crippen molar-refractivity contribution in [1.29, 1.82) is 5.26 Å². The molecule has 0 saturated carbocycles. The highest BCUT2D eigenvalue weighted by Gasteiger charge is 2.27. The van der Waals surface area contributed by atoms with E-state index in [0.717, 1.165) is 17.9 Å². The van der Waals surface area contributed by atoms with Gasteiger partial charge in [-0.15, -0.1) is 0 Å². The van der Waals surface area contributed by atoms with Gasteiger partial charge in [-0.2, -0.15) is 15.3 Å².